The Morgan fingerprint density at radius 3 is 3.05 bits per heavy atom. The summed E-state index contributed by atoms with van der Waals surface area (Å²) in [6, 6.07) is 8.55. The van der Waals surface area contributed by atoms with E-state index in [0.29, 0.717) is 6.42 Å². The van der Waals surface area contributed by atoms with E-state index in [0.717, 1.165) is 23.5 Å². The summed E-state index contributed by atoms with van der Waals surface area (Å²) in [5.74, 6) is 0.272. The van der Waals surface area contributed by atoms with E-state index >= 15 is 0 Å². The number of hydrogen-bond donors (Lipinski definition) is 1. The van der Waals surface area contributed by atoms with E-state index in [2.05, 4.69) is 34.6 Å². The van der Waals surface area contributed by atoms with E-state index in [1.54, 1.807) is 11.3 Å². The molecule has 19 heavy (non-hydrogen) atoms. The molecule has 0 spiro atoms. The number of nitrogens with zero attached hydrogens (tertiary/aromatic N) is 1. The standard InChI is InChI=1S/C16H19NOS/c1-11-10-19-16(17-11)9-15(18)14-8-4-6-12-5-2-3-7-13(12)14/h2-3,5,7,10,14-15,18H,4,6,8-9H2,1H3. The van der Waals surface area contributed by atoms with E-state index < -0.39 is 0 Å². The lowest BCUT2D eigenvalue weighted by atomic mass is 9.79. The quantitative estimate of drug-likeness (QED) is 0.929. The van der Waals surface area contributed by atoms with Crippen LogP contribution in [0.3, 0.4) is 0 Å². The summed E-state index contributed by atoms with van der Waals surface area (Å²) in [6.45, 7) is 2.00. The second kappa shape index (κ2) is 5.43. The molecule has 2 aromatic rings. The topological polar surface area (TPSA) is 33.1 Å². The van der Waals surface area contributed by atoms with Crippen molar-refractivity contribution >= 4 is 11.3 Å². The highest BCUT2D eigenvalue weighted by Gasteiger charge is 2.26. The molecule has 100 valence electrons. The average Bonchev–Trinajstić information content (AvgIpc) is 2.83. The van der Waals surface area contributed by atoms with Crippen LogP contribution in [0.25, 0.3) is 0 Å². The van der Waals surface area contributed by atoms with Gasteiger partial charge in [-0.3, -0.25) is 0 Å². The maximum atomic E-state index is 10.6. The number of aliphatic hydroxyl groups is 1. The van der Waals surface area contributed by atoms with Crippen LogP contribution in [0.15, 0.2) is 29.6 Å². The third-order valence-corrected chi connectivity index (χ3v) is 4.92. The lowest BCUT2D eigenvalue weighted by molar-refractivity contribution is 0.134. The van der Waals surface area contributed by atoms with Gasteiger partial charge in [-0.25, -0.2) is 4.98 Å². The Kier molecular flexibility index (Phi) is 3.67. The van der Waals surface area contributed by atoms with Gasteiger partial charge in [0.05, 0.1) is 11.1 Å². The van der Waals surface area contributed by atoms with Crippen LogP contribution in [0.4, 0.5) is 0 Å². The minimum Gasteiger partial charge on any atom is -0.392 e. The van der Waals surface area contributed by atoms with Crippen LogP contribution < -0.4 is 0 Å². The molecule has 3 rings (SSSR count). The summed E-state index contributed by atoms with van der Waals surface area (Å²) in [7, 11) is 0. The molecule has 0 saturated carbocycles. The number of rotatable bonds is 3. The molecule has 0 amide bonds. The maximum Gasteiger partial charge on any atom is 0.0954 e. The number of thiazole rings is 1. The summed E-state index contributed by atoms with van der Waals surface area (Å²) in [5, 5.41) is 13.7. The molecule has 1 aliphatic rings. The van der Waals surface area contributed by atoms with Crippen molar-refractivity contribution < 1.29 is 5.11 Å². The lowest BCUT2D eigenvalue weighted by Gasteiger charge is -2.29. The van der Waals surface area contributed by atoms with E-state index in [4.69, 9.17) is 0 Å². The van der Waals surface area contributed by atoms with Crippen molar-refractivity contribution in [1.82, 2.24) is 4.98 Å². The van der Waals surface area contributed by atoms with Crippen LogP contribution in [0.5, 0.6) is 0 Å². The minimum absolute atomic E-state index is 0.272. The van der Waals surface area contributed by atoms with E-state index in [9.17, 15) is 5.11 Å². The first-order valence-corrected chi connectivity index (χ1v) is 7.79. The van der Waals surface area contributed by atoms with Crippen molar-refractivity contribution in [1.29, 1.82) is 0 Å². The van der Waals surface area contributed by atoms with Gasteiger partial charge >= 0.3 is 0 Å². The van der Waals surface area contributed by atoms with Crippen molar-refractivity contribution in [2.75, 3.05) is 0 Å². The van der Waals surface area contributed by atoms with Crippen molar-refractivity contribution in [3.05, 3.63) is 51.5 Å². The third kappa shape index (κ3) is 2.72. The van der Waals surface area contributed by atoms with Crippen LogP contribution in [-0.2, 0) is 12.8 Å². The highest BCUT2D eigenvalue weighted by Crippen LogP contribution is 2.35. The van der Waals surface area contributed by atoms with Gasteiger partial charge in [0.15, 0.2) is 0 Å². The summed E-state index contributed by atoms with van der Waals surface area (Å²) in [4.78, 5) is 4.46. The molecule has 1 aliphatic carbocycles. The number of aryl methyl sites for hydroxylation is 2. The van der Waals surface area contributed by atoms with Gasteiger partial charge in [0.1, 0.15) is 0 Å². The fourth-order valence-corrected chi connectivity index (χ4v) is 3.83. The summed E-state index contributed by atoms with van der Waals surface area (Å²) in [5.41, 5.74) is 3.80. The molecule has 0 saturated heterocycles. The fourth-order valence-electron chi connectivity index (χ4n) is 3.01. The summed E-state index contributed by atoms with van der Waals surface area (Å²) in [6.07, 6.45) is 3.78. The predicted molar refractivity (Wildman–Crippen MR) is 78.7 cm³/mol. The zero-order valence-electron chi connectivity index (χ0n) is 11.2. The Bertz CT molecular complexity index is 563. The van der Waals surface area contributed by atoms with Gasteiger partial charge in [0.2, 0.25) is 0 Å². The van der Waals surface area contributed by atoms with Crippen molar-refractivity contribution in [3.8, 4) is 0 Å². The molecule has 1 N–H and O–H groups in total. The molecule has 0 bridgehead atoms. The SMILES string of the molecule is Cc1csc(CC(O)C2CCCc3ccccc32)n1. The Hall–Kier alpha value is -1.19. The molecular weight excluding hydrogens is 254 g/mol. The number of aliphatic hydroxyl groups excluding tert-OH is 1. The van der Waals surface area contributed by atoms with Crippen molar-refractivity contribution in [2.45, 2.75) is 44.6 Å². The summed E-state index contributed by atoms with van der Waals surface area (Å²) >= 11 is 1.65. The first kappa shape index (κ1) is 12.8. The second-order valence-electron chi connectivity index (χ2n) is 5.35. The van der Waals surface area contributed by atoms with Crippen LogP contribution in [0.2, 0.25) is 0 Å². The maximum absolute atomic E-state index is 10.6. The van der Waals surface area contributed by atoms with Crippen LogP contribution >= 0.6 is 11.3 Å². The molecule has 0 radical (unpaired) electrons. The number of aromatic nitrogens is 1. The number of hydrogen-bond acceptors (Lipinski definition) is 3. The lowest BCUT2D eigenvalue weighted by Crippen LogP contribution is -2.24. The van der Waals surface area contributed by atoms with Gasteiger partial charge in [0.25, 0.3) is 0 Å². The van der Waals surface area contributed by atoms with Gasteiger partial charge in [0, 0.05) is 23.4 Å². The molecule has 2 unspecified atom stereocenters. The smallest absolute Gasteiger partial charge is 0.0954 e. The Morgan fingerprint density at radius 2 is 2.26 bits per heavy atom. The van der Waals surface area contributed by atoms with E-state index in [1.807, 2.05) is 6.92 Å². The van der Waals surface area contributed by atoms with Crippen molar-refractivity contribution in [2.24, 2.45) is 0 Å². The average molecular weight is 273 g/mol. The highest BCUT2D eigenvalue weighted by atomic mass is 32.1. The van der Waals surface area contributed by atoms with Crippen molar-refractivity contribution in [3.63, 3.8) is 0 Å². The molecule has 0 fully saturated rings. The van der Waals surface area contributed by atoms with Gasteiger partial charge in [-0.1, -0.05) is 24.3 Å². The van der Waals surface area contributed by atoms with Crippen LogP contribution in [-0.4, -0.2) is 16.2 Å². The molecule has 2 atom stereocenters. The molecule has 3 heteroatoms. The van der Waals surface area contributed by atoms with E-state index in [1.165, 1.54) is 17.5 Å². The second-order valence-corrected chi connectivity index (χ2v) is 6.29. The zero-order valence-corrected chi connectivity index (χ0v) is 12.0. The first-order chi connectivity index (χ1) is 9.24. The Balaban J connectivity index is 1.79. The normalized spacial score (nSPS) is 20.0. The van der Waals surface area contributed by atoms with Gasteiger partial charge in [-0.05, 0) is 37.3 Å². The van der Waals surface area contributed by atoms with Gasteiger partial charge < -0.3 is 5.11 Å². The largest absolute Gasteiger partial charge is 0.392 e. The van der Waals surface area contributed by atoms with E-state index in [-0.39, 0.29) is 12.0 Å². The number of fused-ring (bicyclic) bond motifs is 1. The monoisotopic (exact) mass is 273 g/mol. The number of benzene rings is 1. The fraction of sp³-hybridized carbons (Fsp3) is 0.438. The highest BCUT2D eigenvalue weighted by molar-refractivity contribution is 7.09. The van der Waals surface area contributed by atoms with Gasteiger partial charge in [-0.15, -0.1) is 11.3 Å². The molecule has 1 heterocycles. The third-order valence-electron chi connectivity index (χ3n) is 3.93. The first-order valence-electron chi connectivity index (χ1n) is 6.91. The predicted octanol–water partition coefficient (Wildman–Crippen LogP) is 3.48. The summed E-state index contributed by atoms with van der Waals surface area (Å²) < 4.78 is 0. The van der Waals surface area contributed by atoms with Gasteiger partial charge in [-0.2, -0.15) is 0 Å². The molecule has 1 aromatic heterocycles. The molecular formula is C16H19NOS. The van der Waals surface area contributed by atoms with Crippen LogP contribution in [0, 0.1) is 6.92 Å². The molecule has 0 aliphatic heterocycles. The molecule has 1 aromatic carbocycles. The van der Waals surface area contributed by atoms with Crippen LogP contribution in [0.1, 0.15) is 40.6 Å². The Labute approximate surface area is 118 Å². The zero-order chi connectivity index (χ0) is 13.2. The minimum atomic E-state index is -0.313. The molecule has 2 nitrogen and oxygen atoms in total. The Morgan fingerprint density at radius 1 is 1.42 bits per heavy atom.